The lowest BCUT2D eigenvalue weighted by Crippen LogP contribution is -2.41. The van der Waals surface area contributed by atoms with Crippen molar-refractivity contribution in [3.63, 3.8) is 0 Å². The molecule has 1 amide bonds. The van der Waals surface area contributed by atoms with Crippen molar-refractivity contribution in [1.82, 2.24) is 10.2 Å². The van der Waals surface area contributed by atoms with Crippen LogP contribution in [0.4, 0.5) is 0 Å². The molecule has 3 aliphatic rings. The highest BCUT2D eigenvalue weighted by atomic mass is 16.3. The molecule has 2 aromatic rings. The maximum Gasteiger partial charge on any atom is 0.220 e. The summed E-state index contributed by atoms with van der Waals surface area (Å²) in [6.07, 6.45) is 6.67. The molecular formula is C25H32N2O2. The topological polar surface area (TPSA) is 45.5 Å². The minimum absolute atomic E-state index is 0.236. The summed E-state index contributed by atoms with van der Waals surface area (Å²) in [5.41, 5.74) is 3.17. The molecule has 2 heterocycles. The van der Waals surface area contributed by atoms with Crippen LogP contribution in [0.1, 0.15) is 67.1 Å². The summed E-state index contributed by atoms with van der Waals surface area (Å²) in [5, 5.41) is 3.17. The van der Waals surface area contributed by atoms with Crippen LogP contribution in [0.2, 0.25) is 0 Å². The van der Waals surface area contributed by atoms with E-state index in [-0.39, 0.29) is 11.3 Å². The van der Waals surface area contributed by atoms with E-state index in [0.717, 1.165) is 50.0 Å². The number of hydrogen-bond acceptors (Lipinski definition) is 3. The van der Waals surface area contributed by atoms with Crippen molar-refractivity contribution >= 4 is 5.91 Å². The number of aryl methyl sites for hydroxylation is 1. The fraction of sp³-hybridized carbons (Fsp3) is 0.560. The van der Waals surface area contributed by atoms with Crippen LogP contribution in [0.5, 0.6) is 0 Å². The lowest BCUT2D eigenvalue weighted by atomic mass is 9.73. The van der Waals surface area contributed by atoms with Crippen molar-refractivity contribution in [2.24, 2.45) is 5.92 Å². The predicted octanol–water partition coefficient (Wildman–Crippen LogP) is 4.53. The average Bonchev–Trinajstić information content (AvgIpc) is 3.41. The standard InChI is InChI=1S/C25H32N2O2/c1-18-6-9-21(29-18)17-27-12-10-25(11-13-27)15-20(22-4-2-3-5-23(22)25)14-24(28)26-16-19-7-8-19/h2-6,9,19-20H,7-8,10-17H2,1H3,(H,26,28)/t20-/m0/s1. The van der Waals surface area contributed by atoms with Gasteiger partial charge in [-0.1, -0.05) is 24.3 Å². The van der Waals surface area contributed by atoms with Gasteiger partial charge in [-0.3, -0.25) is 9.69 Å². The van der Waals surface area contributed by atoms with Gasteiger partial charge in [0, 0.05) is 13.0 Å². The summed E-state index contributed by atoms with van der Waals surface area (Å²) in [6, 6.07) is 13.0. The number of likely N-dealkylation sites (tertiary alicyclic amines) is 1. The Kier molecular flexibility index (Phi) is 4.99. The van der Waals surface area contributed by atoms with Crippen LogP contribution in [-0.2, 0) is 16.8 Å². The zero-order chi connectivity index (χ0) is 19.8. The first-order chi connectivity index (χ1) is 14.1. The summed E-state index contributed by atoms with van der Waals surface area (Å²) in [5.74, 6) is 3.39. The van der Waals surface area contributed by atoms with Crippen molar-refractivity contribution in [2.75, 3.05) is 19.6 Å². The molecule has 5 rings (SSSR count). The molecule has 2 aliphatic carbocycles. The number of rotatable bonds is 6. The zero-order valence-electron chi connectivity index (χ0n) is 17.5. The van der Waals surface area contributed by atoms with Gasteiger partial charge in [-0.05, 0) is 92.6 Å². The molecule has 1 saturated heterocycles. The van der Waals surface area contributed by atoms with Crippen LogP contribution >= 0.6 is 0 Å². The number of hydrogen-bond donors (Lipinski definition) is 1. The molecule has 0 radical (unpaired) electrons. The molecule has 154 valence electrons. The molecule has 1 saturated carbocycles. The third kappa shape index (κ3) is 4.00. The number of fused-ring (bicyclic) bond motifs is 2. The Morgan fingerprint density at radius 3 is 2.69 bits per heavy atom. The smallest absolute Gasteiger partial charge is 0.220 e. The van der Waals surface area contributed by atoms with Gasteiger partial charge < -0.3 is 9.73 Å². The second-order valence-corrected chi connectivity index (χ2v) is 9.51. The Labute approximate surface area is 173 Å². The molecule has 4 nitrogen and oxygen atoms in total. The van der Waals surface area contributed by atoms with Crippen LogP contribution in [0, 0.1) is 12.8 Å². The molecule has 1 aromatic heterocycles. The van der Waals surface area contributed by atoms with Gasteiger partial charge in [-0.2, -0.15) is 0 Å². The van der Waals surface area contributed by atoms with Crippen LogP contribution < -0.4 is 5.32 Å². The largest absolute Gasteiger partial charge is 0.465 e. The van der Waals surface area contributed by atoms with E-state index < -0.39 is 0 Å². The predicted molar refractivity (Wildman–Crippen MR) is 114 cm³/mol. The molecule has 1 aliphatic heterocycles. The van der Waals surface area contributed by atoms with Crippen LogP contribution in [0.25, 0.3) is 0 Å². The van der Waals surface area contributed by atoms with Gasteiger partial charge in [0.15, 0.2) is 0 Å². The van der Waals surface area contributed by atoms with Gasteiger partial charge in [-0.25, -0.2) is 0 Å². The SMILES string of the molecule is Cc1ccc(CN2CCC3(CC2)C[C@H](CC(=O)NCC2CC2)c2ccccc23)o1. The molecule has 0 unspecified atom stereocenters. The monoisotopic (exact) mass is 392 g/mol. The number of carbonyl (C=O) groups is 1. The van der Waals surface area contributed by atoms with E-state index in [2.05, 4.69) is 40.5 Å². The highest BCUT2D eigenvalue weighted by Gasteiger charge is 2.45. The molecule has 1 spiro atoms. The van der Waals surface area contributed by atoms with Crippen molar-refractivity contribution < 1.29 is 9.21 Å². The summed E-state index contributed by atoms with van der Waals surface area (Å²) in [7, 11) is 0. The minimum Gasteiger partial charge on any atom is -0.465 e. The Bertz CT molecular complexity index is 874. The van der Waals surface area contributed by atoms with E-state index in [0.29, 0.717) is 12.3 Å². The van der Waals surface area contributed by atoms with Gasteiger partial charge in [0.2, 0.25) is 5.91 Å². The molecular weight excluding hydrogens is 360 g/mol. The molecule has 4 heteroatoms. The molecule has 1 atom stereocenters. The van der Waals surface area contributed by atoms with Crippen molar-refractivity contribution in [1.29, 1.82) is 0 Å². The van der Waals surface area contributed by atoms with Crippen LogP contribution in [0.3, 0.4) is 0 Å². The first-order valence-corrected chi connectivity index (χ1v) is 11.3. The van der Waals surface area contributed by atoms with E-state index in [1.54, 1.807) is 0 Å². The molecule has 1 N–H and O–H groups in total. The fourth-order valence-corrected chi connectivity index (χ4v) is 5.49. The number of amides is 1. The van der Waals surface area contributed by atoms with Gasteiger partial charge in [0.1, 0.15) is 11.5 Å². The molecule has 2 fully saturated rings. The lowest BCUT2D eigenvalue weighted by molar-refractivity contribution is -0.121. The quantitative estimate of drug-likeness (QED) is 0.786. The number of piperidine rings is 1. The third-order valence-electron chi connectivity index (χ3n) is 7.31. The van der Waals surface area contributed by atoms with E-state index in [4.69, 9.17) is 4.42 Å². The third-order valence-corrected chi connectivity index (χ3v) is 7.31. The van der Waals surface area contributed by atoms with E-state index in [1.807, 2.05) is 13.0 Å². The zero-order valence-corrected chi connectivity index (χ0v) is 17.5. The highest BCUT2D eigenvalue weighted by Crippen LogP contribution is 2.52. The number of carbonyl (C=O) groups excluding carboxylic acids is 1. The number of nitrogens with zero attached hydrogens (tertiary/aromatic N) is 1. The second kappa shape index (κ2) is 7.64. The minimum atomic E-state index is 0.236. The van der Waals surface area contributed by atoms with Gasteiger partial charge in [0.05, 0.1) is 6.54 Å². The van der Waals surface area contributed by atoms with Gasteiger partial charge >= 0.3 is 0 Å². The Morgan fingerprint density at radius 2 is 1.97 bits per heavy atom. The fourth-order valence-electron chi connectivity index (χ4n) is 5.49. The van der Waals surface area contributed by atoms with Crippen LogP contribution in [-0.4, -0.2) is 30.4 Å². The number of nitrogens with one attached hydrogen (secondary N) is 1. The molecule has 29 heavy (non-hydrogen) atoms. The van der Waals surface area contributed by atoms with Crippen molar-refractivity contribution in [3.05, 3.63) is 59.0 Å². The maximum atomic E-state index is 12.5. The molecule has 0 bridgehead atoms. The van der Waals surface area contributed by atoms with Crippen molar-refractivity contribution in [2.45, 2.75) is 63.3 Å². The Morgan fingerprint density at radius 1 is 1.17 bits per heavy atom. The normalized spacial score (nSPS) is 23.3. The van der Waals surface area contributed by atoms with Crippen molar-refractivity contribution in [3.8, 4) is 0 Å². The van der Waals surface area contributed by atoms with E-state index in [1.165, 1.54) is 36.8 Å². The van der Waals surface area contributed by atoms with Crippen LogP contribution in [0.15, 0.2) is 40.8 Å². The Balaban J connectivity index is 1.25. The van der Waals surface area contributed by atoms with Gasteiger partial charge in [-0.15, -0.1) is 0 Å². The average molecular weight is 393 g/mol. The maximum absolute atomic E-state index is 12.5. The number of furan rings is 1. The molecule has 1 aromatic carbocycles. The lowest BCUT2D eigenvalue weighted by Gasteiger charge is -2.40. The summed E-state index contributed by atoms with van der Waals surface area (Å²) < 4.78 is 5.78. The summed E-state index contributed by atoms with van der Waals surface area (Å²) in [4.78, 5) is 15.1. The summed E-state index contributed by atoms with van der Waals surface area (Å²) >= 11 is 0. The second-order valence-electron chi connectivity index (χ2n) is 9.51. The van der Waals surface area contributed by atoms with E-state index in [9.17, 15) is 4.79 Å². The first kappa shape index (κ1) is 18.9. The highest BCUT2D eigenvalue weighted by molar-refractivity contribution is 5.77. The number of benzene rings is 1. The Hall–Kier alpha value is -2.07. The van der Waals surface area contributed by atoms with E-state index >= 15 is 0 Å². The summed E-state index contributed by atoms with van der Waals surface area (Å²) in [6.45, 7) is 5.96. The van der Waals surface area contributed by atoms with Gasteiger partial charge in [0.25, 0.3) is 0 Å². The first-order valence-electron chi connectivity index (χ1n) is 11.3.